The SMILES string of the molecule is CC1(C)C(c2ccccc2)NC(c2ccccc2)CC12N=Cc1cc(Cl)ccc1O2. The lowest BCUT2D eigenvalue weighted by Crippen LogP contribution is -2.61. The highest BCUT2D eigenvalue weighted by Gasteiger charge is 2.58. The molecule has 30 heavy (non-hydrogen) atoms. The van der Waals surface area contributed by atoms with E-state index in [4.69, 9.17) is 21.3 Å². The molecule has 1 saturated heterocycles. The summed E-state index contributed by atoms with van der Waals surface area (Å²) < 4.78 is 6.74. The highest BCUT2D eigenvalue weighted by molar-refractivity contribution is 6.30. The Hall–Kier alpha value is -2.62. The second-order valence-corrected chi connectivity index (χ2v) is 9.16. The number of halogens is 1. The number of nitrogens with one attached hydrogen (secondary N) is 1. The van der Waals surface area contributed by atoms with Crippen LogP contribution < -0.4 is 10.1 Å². The zero-order valence-corrected chi connectivity index (χ0v) is 17.9. The van der Waals surface area contributed by atoms with Gasteiger partial charge in [-0.2, -0.15) is 0 Å². The zero-order valence-electron chi connectivity index (χ0n) is 17.2. The minimum Gasteiger partial charge on any atom is -0.465 e. The molecule has 152 valence electrons. The van der Waals surface area contributed by atoms with Crippen molar-refractivity contribution >= 4 is 17.8 Å². The van der Waals surface area contributed by atoms with Gasteiger partial charge in [0.1, 0.15) is 5.75 Å². The van der Waals surface area contributed by atoms with E-state index in [2.05, 4.69) is 79.8 Å². The van der Waals surface area contributed by atoms with E-state index in [9.17, 15) is 0 Å². The minimum atomic E-state index is -0.694. The Bertz CT molecular complexity index is 1080. The van der Waals surface area contributed by atoms with E-state index in [1.165, 1.54) is 11.1 Å². The maximum absolute atomic E-state index is 6.74. The molecule has 1 fully saturated rings. The van der Waals surface area contributed by atoms with Crippen molar-refractivity contribution in [2.45, 2.75) is 38.1 Å². The summed E-state index contributed by atoms with van der Waals surface area (Å²) in [5.41, 5.74) is 2.42. The number of hydrogen-bond donors (Lipinski definition) is 1. The van der Waals surface area contributed by atoms with Gasteiger partial charge in [-0.15, -0.1) is 0 Å². The summed E-state index contributed by atoms with van der Waals surface area (Å²) in [7, 11) is 0. The van der Waals surface area contributed by atoms with Crippen molar-refractivity contribution in [3.05, 3.63) is 101 Å². The molecule has 3 nitrogen and oxygen atoms in total. The fourth-order valence-electron chi connectivity index (χ4n) is 4.78. The molecule has 0 radical (unpaired) electrons. The summed E-state index contributed by atoms with van der Waals surface area (Å²) in [6.45, 7) is 4.49. The van der Waals surface area contributed by atoms with Gasteiger partial charge >= 0.3 is 0 Å². The van der Waals surface area contributed by atoms with Crippen LogP contribution in [0.1, 0.15) is 49.0 Å². The molecular weight excluding hydrogens is 392 g/mol. The van der Waals surface area contributed by atoms with E-state index >= 15 is 0 Å². The van der Waals surface area contributed by atoms with E-state index in [0.717, 1.165) is 17.7 Å². The predicted octanol–water partition coefficient (Wildman–Crippen LogP) is 6.35. The first-order valence-electron chi connectivity index (χ1n) is 10.4. The van der Waals surface area contributed by atoms with Crippen LogP contribution in [0.15, 0.2) is 83.9 Å². The van der Waals surface area contributed by atoms with E-state index in [1.54, 1.807) is 0 Å². The van der Waals surface area contributed by atoms with Crippen molar-refractivity contribution in [3.63, 3.8) is 0 Å². The fourth-order valence-corrected chi connectivity index (χ4v) is 4.96. The summed E-state index contributed by atoms with van der Waals surface area (Å²) in [4.78, 5) is 5.06. The largest absolute Gasteiger partial charge is 0.465 e. The lowest BCUT2D eigenvalue weighted by atomic mass is 9.65. The maximum Gasteiger partial charge on any atom is 0.208 e. The standard InChI is InChI=1S/C26H25ClN2O/c1-25(2)24(19-11-7-4-8-12-19)29-22(18-9-5-3-6-10-18)16-26(25)28-17-20-15-21(27)13-14-23(20)30-26/h3-15,17,22,24,29H,16H2,1-2H3. The minimum absolute atomic E-state index is 0.0728. The molecule has 2 heterocycles. The van der Waals surface area contributed by atoms with Gasteiger partial charge in [0, 0.05) is 40.7 Å². The smallest absolute Gasteiger partial charge is 0.208 e. The first kappa shape index (κ1) is 19.3. The Kier molecular flexibility index (Phi) is 4.68. The van der Waals surface area contributed by atoms with Crippen LogP contribution in [0.4, 0.5) is 0 Å². The normalized spacial score (nSPS) is 26.8. The van der Waals surface area contributed by atoms with E-state index in [0.29, 0.717) is 5.02 Å². The van der Waals surface area contributed by atoms with Crippen LogP contribution in [0.2, 0.25) is 5.02 Å². The predicted molar refractivity (Wildman–Crippen MR) is 122 cm³/mol. The number of ether oxygens (including phenoxy) is 1. The quantitative estimate of drug-likeness (QED) is 0.528. The van der Waals surface area contributed by atoms with Crippen molar-refractivity contribution in [1.29, 1.82) is 0 Å². The molecule has 2 aliphatic rings. The van der Waals surface area contributed by atoms with Gasteiger partial charge in [0.25, 0.3) is 0 Å². The molecule has 3 unspecified atom stereocenters. The van der Waals surface area contributed by atoms with E-state index < -0.39 is 5.72 Å². The third kappa shape index (κ3) is 3.13. The zero-order chi connectivity index (χ0) is 20.8. The number of benzene rings is 3. The number of nitrogens with zero attached hydrogens (tertiary/aromatic N) is 1. The molecule has 4 heteroatoms. The molecule has 3 aromatic rings. The molecule has 3 aromatic carbocycles. The van der Waals surface area contributed by atoms with Gasteiger partial charge in [0.15, 0.2) is 0 Å². The van der Waals surface area contributed by atoms with Crippen molar-refractivity contribution in [2.75, 3.05) is 0 Å². The van der Waals surface area contributed by atoms with Crippen LogP contribution in [0, 0.1) is 5.41 Å². The molecule has 0 bridgehead atoms. The van der Waals surface area contributed by atoms with Crippen LogP contribution in [-0.2, 0) is 0 Å². The Labute approximate surface area is 182 Å². The molecule has 0 saturated carbocycles. The average molecular weight is 417 g/mol. The van der Waals surface area contributed by atoms with Crippen molar-refractivity contribution in [3.8, 4) is 5.75 Å². The first-order valence-corrected chi connectivity index (χ1v) is 10.8. The molecule has 0 aliphatic carbocycles. The van der Waals surface area contributed by atoms with Crippen LogP contribution in [-0.4, -0.2) is 11.9 Å². The summed E-state index contributed by atoms with van der Waals surface area (Å²) >= 11 is 6.19. The topological polar surface area (TPSA) is 33.6 Å². The Balaban J connectivity index is 1.63. The van der Waals surface area contributed by atoms with Gasteiger partial charge in [-0.25, -0.2) is 4.99 Å². The van der Waals surface area contributed by atoms with Crippen LogP contribution in [0.5, 0.6) is 5.75 Å². The van der Waals surface area contributed by atoms with E-state index in [-0.39, 0.29) is 17.5 Å². The van der Waals surface area contributed by atoms with Crippen molar-refractivity contribution in [1.82, 2.24) is 5.32 Å². The first-order chi connectivity index (χ1) is 14.5. The Morgan fingerprint density at radius 2 is 1.60 bits per heavy atom. The molecule has 0 aromatic heterocycles. The fraction of sp³-hybridized carbons (Fsp3) is 0.269. The number of aliphatic imine (C=N–C) groups is 1. The number of piperidine rings is 1. The second-order valence-electron chi connectivity index (χ2n) is 8.73. The number of fused-ring (bicyclic) bond motifs is 1. The monoisotopic (exact) mass is 416 g/mol. The molecule has 5 rings (SSSR count). The molecule has 1 spiro atoms. The number of hydrogen-bond acceptors (Lipinski definition) is 3. The third-order valence-electron chi connectivity index (χ3n) is 6.57. The Morgan fingerprint density at radius 1 is 0.933 bits per heavy atom. The van der Waals surface area contributed by atoms with Crippen LogP contribution in [0.3, 0.4) is 0 Å². The van der Waals surface area contributed by atoms with Crippen molar-refractivity contribution in [2.24, 2.45) is 10.4 Å². The van der Waals surface area contributed by atoms with Gasteiger partial charge in [-0.3, -0.25) is 0 Å². The van der Waals surface area contributed by atoms with Crippen molar-refractivity contribution < 1.29 is 4.74 Å². The lowest BCUT2D eigenvalue weighted by Gasteiger charge is -2.55. The van der Waals surface area contributed by atoms with Gasteiger partial charge in [0.05, 0.1) is 0 Å². The summed E-state index contributed by atoms with van der Waals surface area (Å²) in [6, 6.07) is 27.1. The summed E-state index contributed by atoms with van der Waals surface area (Å²) in [5, 5.41) is 4.59. The highest BCUT2D eigenvalue weighted by Crippen LogP contribution is 2.55. The second kappa shape index (κ2) is 7.26. The summed E-state index contributed by atoms with van der Waals surface area (Å²) in [6.07, 6.45) is 2.67. The van der Waals surface area contributed by atoms with Gasteiger partial charge in [-0.05, 0) is 29.3 Å². The molecular formula is C26H25ClN2O. The van der Waals surface area contributed by atoms with Crippen LogP contribution >= 0.6 is 11.6 Å². The van der Waals surface area contributed by atoms with Crippen LogP contribution in [0.25, 0.3) is 0 Å². The third-order valence-corrected chi connectivity index (χ3v) is 6.81. The number of rotatable bonds is 2. The maximum atomic E-state index is 6.74. The molecule has 2 aliphatic heterocycles. The lowest BCUT2D eigenvalue weighted by molar-refractivity contribution is -0.100. The highest BCUT2D eigenvalue weighted by atomic mass is 35.5. The molecule has 0 amide bonds. The van der Waals surface area contributed by atoms with Gasteiger partial charge in [0.2, 0.25) is 5.72 Å². The molecule has 1 N–H and O–H groups in total. The molecule has 3 atom stereocenters. The van der Waals surface area contributed by atoms with E-state index in [1.807, 2.05) is 24.4 Å². The Morgan fingerprint density at radius 3 is 2.30 bits per heavy atom. The van der Waals surface area contributed by atoms with Gasteiger partial charge in [-0.1, -0.05) is 86.1 Å². The average Bonchev–Trinajstić information content (AvgIpc) is 2.77. The van der Waals surface area contributed by atoms with Gasteiger partial charge < -0.3 is 10.1 Å². The summed E-state index contributed by atoms with van der Waals surface area (Å²) in [5.74, 6) is 0.836.